The average Bonchev–Trinajstić information content (AvgIpc) is 2.95. The van der Waals surface area contributed by atoms with E-state index in [1.165, 1.54) is 38.5 Å². The number of para-hydroxylation sites is 2. The Morgan fingerprint density at radius 2 is 1.05 bits per heavy atom. The molecular weight excluding hydrogens is 480 g/mol. The van der Waals surface area contributed by atoms with Gasteiger partial charge in [-0.05, 0) is 76.1 Å². The lowest BCUT2D eigenvalue weighted by Crippen LogP contribution is -2.33. The number of likely N-dealkylation sites (tertiary alicyclic amines) is 2. The predicted octanol–water partition coefficient (Wildman–Crippen LogP) is 4.37. The molecule has 8 heteroatoms. The summed E-state index contributed by atoms with van der Waals surface area (Å²) < 4.78 is 11.7. The molecule has 0 aliphatic carbocycles. The van der Waals surface area contributed by atoms with Crippen LogP contribution in [0.15, 0.2) is 46.4 Å². The summed E-state index contributed by atoms with van der Waals surface area (Å²) in [4.78, 5) is 13.6. The number of aromatic hydroxyl groups is 2. The van der Waals surface area contributed by atoms with E-state index in [4.69, 9.17) is 9.47 Å². The fourth-order valence-corrected chi connectivity index (χ4v) is 4.90. The lowest BCUT2D eigenvalue weighted by Gasteiger charge is -2.26. The molecule has 8 nitrogen and oxygen atoms in total. The normalized spacial score (nSPS) is 17.4. The van der Waals surface area contributed by atoms with E-state index in [9.17, 15) is 10.2 Å². The van der Waals surface area contributed by atoms with E-state index in [0.717, 1.165) is 39.3 Å². The Hall–Kier alpha value is -3.10. The van der Waals surface area contributed by atoms with Crippen LogP contribution in [0.2, 0.25) is 0 Å². The van der Waals surface area contributed by atoms with Gasteiger partial charge in [0.05, 0.1) is 13.1 Å². The minimum atomic E-state index is 0.111. The highest BCUT2D eigenvalue weighted by molar-refractivity contribution is 5.85. The summed E-state index contributed by atoms with van der Waals surface area (Å²) >= 11 is 0. The van der Waals surface area contributed by atoms with Gasteiger partial charge in [0, 0.05) is 36.6 Å². The van der Waals surface area contributed by atoms with E-state index in [1.54, 1.807) is 24.6 Å². The van der Waals surface area contributed by atoms with Gasteiger partial charge in [0.15, 0.2) is 23.0 Å². The average molecular weight is 523 g/mol. The first-order valence-corrected chi connectivity index (χ1v) is 14.0. The highest BCUT2D eigenvalue weighted by Gasteiger charge is 2.12. The number of ether oxygens (including phenoxy) is 2. The first kappa shape index (κ1) is 27.9. The number of hydrogen-bond acceptors (Lipinski definition) is 8. The van der Waals surface area contributed by atoms with Crippen LogP contribution in [0, 0.1) is 0 Å². The third-order valence-electron chi connectivity index (χ3n) is 7.11. The standard InChI is InChI=1S/C30H42N4O4/c35-29-25(9-7-11-27(29)37-21-19-33-15-3-1-4-16-33)23-31-13-14-32-24-26-10-8-12-28(30(26)36)38-22-20-34-17-5-2-6-18-34/h7-12,23-24,35-36H,1-6,13-22H2. The summed E-state index contributed by atoms with van der Waals surface area (Å²) in [6, 6.07) is 10.9. The molecule has 0 saturated carbocycles. The van der Waals surface area contributed by atoms with Gasteiger partial charge in [-0.25, -0.2) is 0 Å². The zero-order chi connectivity index (χ0) is 26.4. The molecule has 4 rings (SSSR count). The second kappa shape index (κ2) is 15.3. The predicted molar refractivity (Wildman–Crippen MR) is 153 cm³/mol. The second-order valence-corrected chi connectivity index (χ2v) is 9.96. The Morgan fingerprint density at radius 1 is 0.632 bits per heavy atom. The van der Waals surface area contributed by atoms with Crippen molar-refractivity contribution in [2.75, 3.05) is 65.6 Å². The largest absolute Gasteiger partial charge is 0.504 e. The lowest BCUT2D eigenvalue weighted by atomic mass is 10.1. The number of phenols is 2. The van der Waals surface area contributed by atoms with Crippen LogP contribution in [-0.2, 0) is 0 Å². The summed E-state index contributed by atoms with van der Waals surface area (Å²) in [5.74, 6) is 1.19. The minimum Gasteiger partial charge on any atom is -0.504 e. The van der Waals surface area contributed by atoms with Gasteiger partial charge in [-0.3, -0.25) is 19.8 Å². The van der Waals surface area contributed by atoms with Crippen molar-refractivity contribution in [3.8, 4) is 23.0 Å². The van der Waals surface area contributed by atoms with Crippen molar-refractivity contribution in [2.45, 2.75) is 38.5 Å². The van der Waals surface area contributed by atoms with Crippen LogP contribution >= 0.6 is 0 Å². The lowest BCUT2D eigenvalue weighted by molar-refractivity contribution is 0.181. The Morgan fingerprint density at radius 3 is 1.47 bits per heavy atom. The molecule has 0 spiro atoms. The number of aliphatic imine (C=N–C) groups is 2. The zero-order valence-corrected chi connectivity index (χ0v) is 22.4. The molecular formula is C30H42N4O4. The maximum Gasteiger partial charge on any atom is 0.166 e. The first-order chi connectivity index (χ1) is 18.7. The van der Waals surface area contributed by atoms with E-state index in [-0.39, 0.29) is 11.5 Å². The van der Waals surface area contributed by atoms with E-state index < -0.39 is 0 Å². The van der Waals surface area contributed by atoms with Crippen LogP contribution in [0.1, 0.15) is 49.7 Å². The van der Waals surface area contributed by atoms with Gasteiger partial charge in [-0.15, -0.1) is 0 Å². The molecule has 2 aromatic carbocycles. The molecule has 2 N–H and O–H groups in total. The molecule has 0 atom stereocenters. The molecule has 38 heavy (non-hydrogen) atoms. The summed E-state index contributed by atoms with van der Waals surface area (Å²) in [7, 11) is 0. The van der Waals surface area contributed by atoms with Crippen LogP contribution in [-0.4, -0.2) is 98.0 Å². The van der Waals surface area contributed by atoms with Gasteiger partial charge < -0.3 is 19.7 Å². The first-order valence-electron chi connectivity index (χ1n) is 14.0. The summed E-state index contributed by atoms with van der Waals surface area (Å²) in [6.45, 7) is 8.29. The van der Waals surface area contributed by atoms with Crippen LogP contribution in [0.5, 0.6) is 23.0 Å². The number of nitrogens with zero attached hydrogens (tertiary/aromatic N) is 4. The Bertz CT molecular complexity index is 963. The van der Waals surface area contributed by atoms with Crippen LogP contribution in [0.4, 0.5) is 0 Å². The van der Waals surface area contributed by atoms with Crippen molar-refractivity contribution >= 4 is 12.4 Å². The number of piperidine rings is 2. The number of phenolic OH excluding ortho intramolecular Hbond substituents is 2. The molecule has 0 bridgehead atoms. The highest BCUT2D eigenvalue weighted by Crippen LogP contribution is 2.29. The van der Waals surface area contributed by atoms with Gasteiger partial charge in [-0.2, -0.15) is 0 Å². The third-order valence-corrected chi connectivity index (χ3v) is 7.11. The Balaban J connectivity index is 1.19. The molecule has 0 radical (unpaired) electrons. The van der Waals surface area contributed by atoms with Crippen LogP contribution in [0.3, 0.4) is 0 Å². The molecule has 2 fully saturated rings. The van der Waals surface area contributed by atoms with Crippen molar-refractivity contribution in [3.05, 3.63) is 47.5 Å². The van der Waals surface area contributed by atoms with Crippen molar-refractivity contribution in [1.82, 2.24) is 9.80 Å². The number of benzene rings is 2. The fraction of sp³-hybridized carbons (Fsp3) is 0.533. The maximum absolute atomic E-state index is 10.6. The zero-order valence-electron chi connectivity index (χ0n) is 22.4. The number of hydrogen-bond donors (Lipinski definition) is 2. The summed E-state index contributed by atoms with van der Waals surface area (Å²) in [6.07, 6.45) is 10.9. The highest BCUT2D eigenvalue weighted by atomic mass is 16.5. The van der Waals surface area contributed by atoms with Crippen molar-refractivity contribution in [3.63, 3.8) is 0 Å². The molecule has 0 aromatic heterocycles. The fourth-order valence-electron chi connectivity index (χ4n) is 4.90. The molecule has 2 saturated heterocycles. The number of rotatable bonds is 13. The topological polar surface area (TPSA) is 90.1 Å². The monoisotopic (exact) mass is 522 g/mol. The molecule has 2 heterocycles. The maximum atomic E-state index is 10.6. The molecule has 0 amide bonds. The summed E-state index contributed by atoms with van der Waals surface area (Å²) in [5, 5.41) is 21.1. The van der Waals surface area contributed by atoms with Gasteiger partial charge in [0.1, 0.15) is 13.2 Å². The van der Waals surface area contributed by atoms with E-state index >= 15 is 0 Å². The van der Waals surface area contributed by atoms with Crippen LogP contribution < -0.4 is 9.47 Å². The van der Waals surface area contributed by atoms with Crippen LogP contribution in [0.25, 0.3) is 0 Å². The third kappa shape index (κ3) is 8.74. The Labute approximate surface area is 226 Å². The second-order valence-electron chi connectivity index (χ2n) is 9.96. The van der Waals surface area contributed by atoms with Gasteiger partial charge >= 0.3 is 0 Å². The molecule has 0 unspecified atom stereocenters. The SMILES string of the molecule is Oc1c(C=NCCN=Cc2cccc(OCCN3CCCCC3)c2O)cccc1OCCN1CCCCC1. The molecule has 2 aromatic rings. The van der Waals surface area contributed by atoms with Gasteiger partial charge in [-0.1, -0.05) is 25.0 Å². The molecule has 2 aliphatic rings. The van der Waals surface area contributed by atoms with Crippen molar-refractivity contribution in [1.29, 1.82) is 0 Å². The van der Waals surface area contributed by atoms with E-state index in [0.29, 0.717) is 48.9 Å². The molecule has 2 aliphatic heterocycles. The van der Waals surface area contributed by atoms with E-state index in [1.807, 2.05) is 24.3 Å². The van der Waals surface area contributed by atoms with Gasteiger partial charge in [0.25, 0.3) is 0 Å². The van der Waals surface area contributed by atoms with Crippen molar-refractivity contribution in [2.24, 2.45) is 9.98 Å². The quantitative estimate of drug-likeness (QED) is 0.300. The minimum absolute atomic E-state index is 0.111. The van der Waals surface area contributed by atoms with E-state index in [2.05, 4.69) is 19.8 Å². The Kier molecular flexibility index (Phi) is 11.3. The van der Waals surface area contributed by atoms with Gasteiger partial charge in [0.2, 0.25) is 0 Å². The summed E-state index contributed by atoms with van der Waals surface area (Å²) in [5.41, 5.74) is 1.24. The molecule has 206 valence electrons. The van der Waals surface area contributed by atoms with Crippen molar-refractivity contribution < 1.29 is 19.7 Å². The smallest absolute Gasteiger partial charge is 0.166 e.